The predicted octanol–water partition coefficient (Wildman–Crippen LogP) is 19.9. The summed E-state index contributed by atoms with van der Waals surface area (Å²) in [6.07, 6.45) is 58.0. The minimum absolute atomic E-state index is 0.0269. The third-order valence-electron chi connectivity index (χ3n) is 15.3. The van der Waals surface area contributed by atoms with Crippen molar-refractivity contribution >= 4 is 17.1 Å². The Morgan fingerprint density at radius 3 is 1.40 bits per heavy atom. The van der Waals surface area contributed by atoms with E-state index >= 15 is 0 Å². The molecule has 0 aliphatic carbocycles. The van der Waals surface area contributed by atoms with Crippen LogP contribution in [0.15, 0.2) is 96.8 Å². The highest BCUT2D eigenvalue weighted by Crippen LogP contribution is 2.49. The molecule has 2 unspecified atom stereocenters. The molecule has 362 valence electrons. The second-order valence-electron chi connectivity index (χ2n) is 21.6. The van der Waals surface area contributed by atoms with E-state index in [4.69, 9.17) is 0 Å². The third kappa shape index (κ3) is 17.8. The molecular formula is C63H101N2+. The molecule has 2 aromatic carbocycles. The number of para-hydroxylation sites is 2. The van der Waals surface area contributed by atoms with Crippen molar-refractivity contribution in [2.75, 3.05) is 4.90 Å². The van der Waals surface area contributed by atoms with E-state index in [1.807, 2.05) is 0 Å². The largest absolute Gasteiger partial charge is 0.341 e. The average Bonchev–Trinajstić information content (AvgIpc) is 3.67. The summed E-state index contributed by atoms with van der Waals surface area (Å²) in [6, 6.07) is 19.2. The van der Waals surface area contributed by atoms with Gasteiger partial charge in [0, 0.05) is 47.0 Å². The molecule has 2 aliphatic heterocycles. The van der Waals surface area contributed by atoms with Crippen molar-refractivity contribution in [3.8, 4) is 0 Å². The minimum atomic E-state index is -0.0269. The number of unbranched alkanes of at least 4 members (excludes halogenated alkanes) is 26. The van der Waals surface area contributed by atoms with E-state index in [0.717, 1.165) is 0 Å². The van der Waals surface area contributed by atoms with Gasteiger partial charge in [-0.15, -0.1) is 0 Å². The number of hydrogen-bond donors (Lipinski definition) is 0. The Morgan fingerprint density at radius 1 is 0.462 bits per heavy atom. The number of hydrogen-bond acceptors (Lipinski definition) is 1. The van der Waals surface area contributed by atoms with Crippen LogP contribution < -0.4 is 4.90 Å². The smallest absolute Gasteiger partial charge is 0.209 e. The number of benzene rings is 2. The fourth-order valence-corrected chi connectivity index (χ4v) is 11.1. The lowest BCUT2D eigenvalue weighted by Crippen LogP contribution is -2.33. The highest BCUT2D eigenvalue weighted by atomic mass is 15.2. The summed E-state index contributed by atoms with van der Waals surface area (Å²) < 4.78 is 2.66. The quantitative estimate of drug-likeness (QED) is 0.0375. The van der Waals surface area contributed by atoms with Crippen LogP contribution in [0.4, 0.5) is 11.4 Å². The number of allylic oxidation sites excluding steroid dienone is 8. The van der Waals surface area contributed by atoms with Crippen molar-refractivity contribution in [2.45, 2.75) is 271 Å². The topological polar surface area (TPSA) is 6.25 Å². The van der Waals surface area contributed by atoms with Crippen LogP contribution in [0.25, 0.3) is 0 Å². The molecule has 0 saturated carbocycles. The van der Waals surface area contributed by atoms with E-state index < -0.39 is 0 Å². The van der Waals surface area contributed by atoms with Gasteiger partial charge in [-0.3, -0.25) is 0 Å². The molecule has 0 bridgehead atoms. The Hall–Kier alpha value is -3.13. The summed E-state index contributed by atoms with van der Waals surface area (Å²) >= 11 is 0. The SMILES string of the molecule is CCCCCCCCCCCCCCCCC(C)N1/C(=C/C=C/C=C/C=C/C2=[N+](C(C)CCCCCCCCCCCCCCCC)c3ccccc3C2(C)C)C(C)(C)c2ccccc21. The number of anilines is 1. The van der Waals surface area contributed by atoms with Gasteiger partial charge in [0.15, 0.2) is 11.8 Å². The van der Waals surface area contributed by atoms with Crippen LogP contribution in [0.2, 0.25) is 0 Å². The molecule has 0 saturated heterocycles. The maximum atomic E-state index is 2.66. The van der Waals surface area contributed by atoms with E-state index in [9.17, 15) is 0 Å². The molecule has 0 aromatic heterocycles. The van der Waals surface area contributed by atoms with Gasteiger partial charge in [0.2, 0.25) is 5.69 Å². The van der Waals surface area contributed by atoms with Crippen molar-refractivity contribution < 1.29 is 4.58 Å². The summed E-state index contributed by atoms with van der Waals surface area (Å²) in [5, 5.41) is 0. The van der Waals surface area contributed by atoms with Crippen LogP contribution >= 0.6 is 0 Å². The van der Waals surface area contributed by atoms with Crippen molar-refractivity contribution in [2.24, 2.45) is 0 Å². The highest BCUT2D eigenvalue weighted by Gasteiger charge is 2.45. The Morgan fingerprint density at radius 2 is 0.877 bits per heavy atom. The molecule has 2 heterocycles. The molecule has 0 N–H and O–H groups in total. The lowest BCUT2D eigenvalue weighted by molar-refractivity contribution is -0.479. The van der Waals surface area contributed by atoms with Gasteiger partial charge in [-0.05, 0) is 58.2 Å². The fraction of sp³-hybridized carbons (Fsp3) is 0.667. The maximum Gasteiger partial charge on any atom is 0.209 e. The van der Waals surface area contributed by atoms with Crippen LogP contribution in [0, 0.1) is 0 Å². The van der Waals surface area contributed by atoms with Crippen LogP contribution in [0.1, 0.15) is 259 Å². The summed E-state index contributed by atoms with van der Waals surface area (Å²) in [6.45, 7) is 19.2. The van der Waals surface area contributed by atoms with Gasteiger partial charge in [-0.2, -0.15) is 4.58 Å². The second kappa shape index (κ2) is 31.0. The van der Waals surface area contributed by atoms with Crippen molar-refractivity contribution in [1.29, 1.82) is 0 Å². The Bertz CT molecular complexity index is 1750. The van der Waals surface area contributed by atoms with Crippen LogP contribution in [0.3, 0.4) is 0 Å². The van der Waals surface area contributed by atoms with E-state index in [-0.39, 0.29) is 10.8 Å². The van der Waals surface area contributed by atoms with Gasteiger partial charge in [0.1, 0.15) is 0 Å². The van der Waals surface area contributed by atoms with Gasteiger partial charge in [-0.1, -0.05) is 268 Å². The van der Waals surface area contributed by atoms with Gasteiger partial charge >= 0.3 is 0 Å². The molecule has 0 radical (unpaired) electrons. The van der Waals surface area contributed by atoms with Crippen molar-refractivity contribution in [1.82, 2.24) is 0 Å². The maximum absolute atomic E-state index is 2.66. The van der Waals surface area contributed by atoms with Crippen LogP contribution in [0.5, 0.6) is 0 Å². The first-order valence-electron chi connectivity index (χ1n) is 28.0. The standard InChI is InChI=1S/C63H101N2/c1-9-11-13-15-17-19-21-23-25-27-29-31-34-38-46-54(3)64-58-50-44-42-48-56(58)62(5,6)60(64)52-40-36-33-37-41-53-61-63(7,8)57-49-43-45-51-59(57)65(61)55(4)47-39-35-32-30-28-26-24-22-20-18-16-14-12-10-2/h33,36-37,40-45,48-55H,9-32,34-35,38-39,46-47H2,1-8H3/q+1. The summed E-state index contributed by atoms with van der Waals surface area (Å²) in [4.78, 5) is 2.66. The normalized spacial score (nSPS) is 17.1. The van der Waals surface area contributed by atoms with Crippen LogP contribution in [-0.4, -0.2) is 22.4 Å². The molecule has 0 fully saturated rings. The zero-order chi connectivity index (χ0) is 46.6. The lowest BCUT2D eigenvalue weighted by atomic mass is 9.81. The Kier molecular flexibility index (Phi) is 26.0. The summed E-state index contributed by atoms with van der Waals surface area (Å²) in [5.74, 6) is 0. The van der Waals surface area contributed by atoms with Crippen LogP contribution in [-0.2, 0) is 10.8 Å². The number of rotatable bonds is 36. The Balaban J connectivity index is 1.26. The average molecular weight is 887 g/mol. The van der Waals surface area contributed by atoms with E-state index in [1.54, 1.807) is 0 Å². The first-order valence-corrected chi connectivity index (χ1v) is 28.0. The molecule has 2 aliphatic rings. The highest BCUT2D eigenvalue weighted by molar-refractivity contribution is 6.03. The second-order valence-corrected chi connectivity index (χ2v) is 21.6. The third-order valence-corrected chi connectivity index (χ3v) is 15.3. The Labute approximate surface area is 403 Å². The van der Waals surface area contributed by atoms with E-state index in [1.165, 1.54) is 227 Å². The fourth-order valence-electron chi connectivity index (χ4n) is 11.1. The van der Waals surface area contributed by atoms with E-state index in [0.29, 0.717) is 12.1 Å². The molecule has 0 spiro atoms. The molecule has 2 atom stereocenters. The molecule has 2 aromatic rings. The van der Waals surface area contributed by atoms with Crippen molar-refractivity contribution in [3.05, 3.63) is 108 Å². The first-order chi connectivity index (χ1) is 31.7. The van der Waals surface area contributed by atoms with Crippen molar-refractivity contribution in [3.63, 3.8) is 0 Å². The summed E-state index contributed by atoms with van der Waals surface area (Å²) in [5.41, 5.74) is 8.48. The van der Waals surface area contributed by atoms with E-state index in [2.05, 4.69) is 156 Å². The predicted molar refractivity (Wildman–Crippen MR) is 291 cm³/mol. The zero-order valence-electron chi connectivity index (χ0n) is 43.9. The molecular weight excluding hydrogens is 785 g/mol. The monoisotopic (exact) mass is 886 g/mol. The molecule has 65 heavy (non-hydrogen) atoms. The number of fused-ring (bicyclic) bond motifs is 2. The van der Waals surface area contributed by atoms with Gasteiger partial charge in [-0.25, -0.2) is 0 Å². The summed E-state index contributed by atoms with van der Waals surface area (Å²) in [7, 11) is 0. The lowest BCUT2D eigenvalue weighted by Gasteiger charge is -2.32. The molecule has 2 heteroatoms. The first kappa shape index (κ1) is 54.5. The molecule has 4 rings (SSSR count). The van der Waals surface area contributed by atoms with Gasteiger partial charge in [0.25, 0.3) is 0 Å². The van der Waals surface area contributed by atoms with Gasteiger partial charge < -0.3 is 4.90 Å². The number of nitrogens with zero attached hydrogens (tertiary/aromatic N) is 2. The molecule has 2 nitrogen and oxygen atoms in total. The minimum Gasteiger partial charge on any atom is -0.341 e. The zero-order valence-corrected chi connectivity index (χ0v) is 43.9. The molecule has 0 amide bonds. The van der Waals surface area contributed by atoms with Gasteiger partial charge in [0.05, 0.1) is 5.41 Å².